The number of ether oxygens (including phenoxy) is 1. The van der Waals surface area contributed by atoms with Gasteiger partial charge in [-0.25, -0.2) is 4.98 Å². The van der Waals surface area contributed by atoms with Crippen LogP contribution in [0.2, 0.25) is 0 Å². The van der Waals surface area contributed by atoms with Crippen molar-refractivity contribution in [1.82, 2.24) is 10.3 Å². The normalized spacial score (nSPS) is 12.0. The van der Waals surface area contributed by atoms with E-state index in [4.69, 9.17) is 4.74 Å². The molecule has 112 valence electrons. The predicted molar refractivity (Wildman–Crippen MR) is 82.2 cm³/mol. The molecule has 3 N–H and O–H groups in total. The summed E-state index contributed by atoms with van der Waals surface area (Å²) in [5, 5.41) is 18.0. The highest BCUT2D eigenvalue weighted by molar-refractivity contribution is 7.14. The Bertz CT molecular complexity index is 642. The molecule has 1 aromatic carbocycles. The number of phenolic OH excluding ortho intramolecular Hbond substituents is 1. The number of hydrogen-bond acceptors (Lipinski definition) is 6. The number of amides is 1. The van der Waals surface area contributed by atoms with E-state index < -0.39 is 5.91 Å². The number of methoxy groups -OCH3 is 1. The van der Waals surface area contributed by atoms with Crippen LogP contribution in [0.25, 0.3) is 0 Å². The highest BCUT2D eigenvalue weighted by atomic mass is 32.1. The zero-order valence-electron chi connectivity index (χ0n) is 12.0. The molecule has 0 saturated heterocycles. The van der Waals surface area contributed by atoms with Crippen molar-refractivity contribution in [2.24, 2.45) is 0 Å². The van der Waals surface area contributed by atoms with Crippen LogP contribution in [0.3, 0.4) is 0 Å². The summed E-state index contributed by atoms with van der Waals surface area (Å²) in [6.07, 6.45) is 0. The Balaban J connectivity index is 2.12. The van der Waals surface area contributed by atoms with E-state index in [0.717, 1.165) is 5.69 Å². The Labute approximate surface area is 126 Å². The quantitative estimate of drug-likeness (QED) is 0.790. The van der Waals surface area contributed by atoms with E-state index in [0.29, 0.717) is 10.9 Å². The summed E-state index contributed by atoms with van der Waals surface area (Å²) in [5.41, 5.74) is 1.03. The first-order valence-corrected chi connectivity index (χ1v) is 7.24. The molecule has 1 amide bonds. The first-order valence-electron chi connectivity index (χ1n) is 6.36. The van der Waals surface area contributed by atoms with Crippen LogP contribution in [-0.2, 0) is 0 Å². The van der Waals surface area contributed by atoms with E-state index in [9.17, 15) is 9.90 Å². The van der Waals surface area contributed by atoms with Gasteiger partial charge in [-0.05, 0) is 26.1 Å². The van der Waals surface area contributed by atoms with Gasteiger partial charge in [0, 0.05) is 17.5 Å². The Morgan fingerprint density at radius 3 is 2.86 bits per heavy atom. The minimum absolute atomic E-state index is 0.112. The number of anilines is 1. The molecule has 0 aliphatic rings. The van der Waals surface area contributed by atoms with Gasteiger partial charge < -0.3 is 15.2 Å². The van der Waals surface area contributed by atoms with E-state index in [1.165, 1.54) is 30.6 Å². The van der Waals surface area contributed by atoms with Crippen LogP contribution in [0.1, 0.15) is 29.0 Å². The summed E-state index contributed by atoms with van der Waals surface area (Å²) in [6, 6.07) is 4.63. The number of nitrogens with one attached hydrogen (secondary N) is 2. The van der Waals surface area contributed by atoms with E-state index in [-0.39, 0.29) is 17.4 Å². The smallest absolute Gasteiger partial charge is 0.261 e. The molecule has 0 fully saturated rings. The van der Waals surface area contributed by atoms with Crippen LogP contribution >= 0.6 is 11.3 Å². The second-order valence-corrected chi connectivity index (χ2v) is 5.28. The first kappa shape index (κ1) is 15.3. The molecule has 0 spiro atoms. The number of nitrogens with zero attached hydrogens (tertiary/aromatic N) is 1. The molecular weight excluding hydrogens is 290 g/mol. The van der Waals surface area contributed by atoms with Gasteiger partial charge in [0.05, 0.1) is 18.4 Å². The van der Waals surface area contributed by atoms with Crippen molar-refractivity contribution < 1.29 is 14.6 Å². The number of hydrogen-bond donors (Lipinski definition) is 3. The Morgan fingerprint density at radius 2 is 2.24 bits per heavy atom. The van der Waals surface area contributed by atoms with Crippen LogP contribution in [0.15, 0.2) is 23.6 Å². The summed E-state index contributed by atoms with van der Waals surface area (Å²) >= 11 is 1.34. The number of carbonyl (C=O) groups is 1. The Hall–Kier alpha value is -2.12. The van der Waals surface area contributed by atoms with Crippen molar-refractivity contribution >= 4 is 22.4 Å². The molecule has 2 aromatic rings. The van der Waals surface area contributed by atoms with Crippen molar-refractivity contribution in [3.63, 3.8) is 0 Å². The topological polar surface area (TPSA) is 83.5 Å². The summed E-state index contributed by atoms with van der Waals surface area (Å²) < 4.78 is 4.98. The van der Waals surface area contributed by atoms with Gasteiger partial charge in [0.1, 0.15) is 11.5 Å². The van der Waals surface area contributed by atoms with Gasteiger partial charge in [0.2, 0.25) is 0 Å². The average molecular weight is 307 g/mol. The van der Waals surface area contributed by atoms with Gasteiger partial charge in [-0.15, -0.1) is 11.3 Å². The molecule has 0 aliphatic carbocycles. The molecule has 1 atom stereocenters. The minimum atomic E-state index is -0.409. The first-order chi connectivity index (χ1) is 10.0. The summed E-state index contributed by atoms with van der Waals surface area (Å²) in [5.74, 6) is -0.0520. The third kappa shape index (κ3) is 3.50. The molecule has 1 unspecified atom stereocenters. The minimum Gasteiger partial charge on any atom is -0.507 e. The lowest BCUT2D eigenvalue weighted by molar-refractivity contribution is 0.102. The zero-order valence-corrected chi connectivity index (χ0v) is 12.8. The number of carbonyl (C=O) groups excluding carboxylic acids is 1. The van der Waals surface area contributed by atoms with E-state index in [2.05, 4.69) is 15.6 Å². The SMILES string of the molecule is CNC(C)c1csc(NC(=O)c2ccc(OC)cc2O)n1. The van der Waals surface area contributed by atoms with Gasteiger partial charge >= 0.3 is 0 Å². The highest BCUT2D eigenvalue weighted by Gasteiger charge is 2.15. The lowest BCUT2D eigenvalue weighted by atomic mass is 10.2. The number of phenols is 1. The predicted octanol–water partition coefficient (Wildman–Crippen LogP) is 2.39. The highest BCUT2D eigenvalue weighted by Crippen LogP contribution is 2.25. The molecule has 2 rings (SSSR count). The number of aromatic hydroxyl groups is 1. The summed E-state index contributed by atoms with van der Waals surface area (Å²) in [4.78, 5) is 16.4. The van der Waals surface area contributed by atoms with E-state index in [1.807, 2.05) is 19.4 Å². The molecule has 0 radical (unpaired) electrons. The Morgan fingerprint density at radius 1 is 1.48 bits per heavy atom. The van der Waals surface area contributed by atoms with E-state index >= 15 is 0 Å². The zero-order chi connectivity index (χ0) is 15.4. The second kappa shape index (κ2) is 6.55. The Kier molecular flexibility index (Phi) is 4.77. The average Bonchev–Trinajstić information content (AvgIpc) is 2.94. The number of aromatic nitrogens is 1. The largest absolute Gasteiger partial charge is 0.507 e. The van der Waals surface area contributed by atoms with Crippen molar-refractivity contribution in [3.8, 4) is 11.5 Å². The van der Waals surface area contributed by atoms with Crippen molar-refractivity contribution in [3.05, 3.63) is 34.8 Å². The van der Waals surface area contributed by atoms with Crippen molar-refractivity contribution in [2.45, 2.75) is 13.0 Å². The lowest BCUT2D eigenvalue weighted by Crippen LogP contribution is -2.14. The molecule has 6 nitrogen and oxygen atoms in total. The van der Waals surface area contributed by atoms with E-state index in [1.54, 1.807) is 6.07 Å². The van der Waals surface area contributed by atoms with Crippen LogP contribution in [0, 0.1) is 0 Å². The lowest BCUT2D eigenvalue weighted by Gasteiger charge is -2.07. The molecule has 0 aliphatic heterocycles. The standard InChI is InChI=1S/C14H17N3O3S/c1-8(15-2)11-7-21-14(16-11)17-13(19)10-5-4-9(20-3)6-12(10)18/h4-8,15,18H,1-3H3,(H,16,17,19). The van der Waals surface area contributed by atoms with Crippen LogP contribution in [0.4, 0.5) is 5.13 Å². The fraction of sp³-hybridized carbons (Fsp3) is 0.286. The van der Waals surface area contributed by atoms with Gasteiger partial charge in [0.15, 0.2) is 5.13 Å². The molecule has 21 heavy (non-hydrogen) atoms. The maximum atomic E-state index is 12.1. The summed E-state index contributed by atoms with van der Waals surface area (Å²) in [7, 11) is 3.34. The van der Waals surface area contributed by atoms with Crippen LogP contribution < -0.4 is 15.4 Å². The third-order valence-electron chi connectivity index (χ3n) is 3.07. The molecule has 0 bridgehead atoms. The second-order valence-electron chi connectivity index (χ2n) is 4.43. The molecular formula is C14H17N3O3S. The fourth-order valence-electron chi connectivity index (χ4n) is 1.69. The fourth-order valence-corrected chi connectivity index (χ4v) is 2.48. The van der Waals surface area contributed by atoms with Gasteiger partial charge in [-0.3, -0.25) is 10.1 Å². The maximum Gasteiger partial charge on any atom is 0.261 e. The van der Waals surface area contributed by atoms with Crippen LogP contribution in [0.5, 0.6) is 11.5 Å². The molecule has 1 aromatic heterocycles. The van der Waals surface area contributed by atoms with Gasteiger partial charge in [-0.2, -0.15) is 0 Å². The van der Waals surface area contributed by atoms with Gasteiger partial charge in [0.25, 0.3) is 5.91 Å². The monoisotopic (exact) mass is 307 g/mol. The summed E-state index contributed by atoms with van der Waals surface area (Å²) in [6.45, 7) is 1.98. The number of rotatable bonds is 5. The van der Waals surface area contributed by atoms with Crippen LogP contribution in [-0.4, -0.2) is 30.2 Å². The molecule has 1 heterocycles. The van der Waals surface area contributed by atoms with Crippen molar-refractivity contribution in [2.75, 3.05) is 19.5 Å². The van der Waals surface area contributed by atoms with Crippen molar-refractivity contribution in [1.29, 1.82) is 0 Å². The molecule has 7 heteroatoms. The number of thiazole rings is 1. The maximum absolute atomic E-state index is 12.1. The van der Waals surface area contributed by atoms with Gasteiger partial charge in [-0.1, -0.05) is 0 Å². The molecule has 0 saturated carbocycles. The third-order valence-corrected chi connectivity index (χ3v) is 3.84. The number of benzene rings is 1.